The van der Waals surface area contributed by atoms with Gasteiger partial charge in [0.2, 0.25) is 0 Å². The van der Waals surface area contributed by atoms with Crippen LogP contribution in [0.4, 0.5) is 0 Å². The van der Waals surface area contributed by atoms with Gasteiger partial charge in [-0.05, 0) is 23.8 Å². The Balaban J connectivity index is 2.62. The van der Waals surface area contributed by atoms with Crippen molar-refractivity contribution in [3.8, 4) is 0 Å². The predicted molar refractivity (Wildman–Crippen MR) is 72.0 cm³/mol. The fourth-order valence-electron chi connectivity index (χ4n) is 3.06. The maximum absolute atomic E-state index is 10.2. The Morgan fingerprint density at radius 3 is 2.41 bits per heavy atom. The molecule has 0 saturated carbocycles. The fourth-order valence-corrected chi connectivity index (χ4v) is 3.06. The first-order valence-corrected chi connectivity index (χ1v) is 6.12. The molecule has 90 valence electrons. The minimum absolute atomic E-state index is 0.113. The minimum Gasteiger partial charge on any atom is -0.512 e. The lowest BCUT2D eigenvalue weighted by Gasteiger charge is -2.47. The molecule has 0 unspecified atom stereocenters. The Hall–Kier alpha value is -1.50. The molecular weight excluding hydrogens is 208 g/mol. The molecule has 1 aliphatic rings. The average Bonchev–Trinajstić information content (AvgIpc) is 2.29. The van der Waals surface area contributed by atoms with Gasteiger partial charge in [0.25, 0.3) is 0 Å². The lowest BCUT2D eigenvalue weighted by Crippen LogP contribution is -2.44. The highest BCUT2D eigenvalue weighted by Gasteiger charge is 2.48. The molecule has 0 aromatic heterocycles. The molecule has 0 spiro atoms. The highest BCUT2D eigenvalue weighted by molar-refractivity contribution is 5.39. The zero-order valence-corrected chi connectivity index (χ0v) is 10.6. The van der Waals surface area contributed by atoms with Crippen LogP contribution >= 0.6 is 0 Å². The first kappa shape index (κ1) is 12.0. The van der Waals surface area contributed by atoms with Gasteiger partial charge in [-0.25, -0.2) is 0 Å². The Bertz CT molecular complexity index is 442. The molecule has 0 bridgehead atoms. The van der Waals surface area contributed by atoms with Crippen LogP contribution in [0.1, 0.15) is 32.3 Å². The summed E-state index contributed by atoms with van der Waals surface area (Å²) in [5, 5.41) is 10.2. The summed E-state index contributed by atoms with van der Waals surface area (Å²) in [6.45, 7) is 8.17. The van der Waals surface area contributed by atoms with Gasteiger partial charge in [-0.15, -0.1) is 0 Å². The second kappa shape index (κ2) is 4.06. The van der Waals surface area contributed by atoms with Gasteiger partial charge in [0.15, 0.2) is 0 Å². The van der Waals surface area contributed by atoms with Gasteiger partial charge >= 0.3 is 0 Å². The Morgan fingerprint density at radius 2 is 1.88 bits per heavy atom. The monoisotopic (exact) mass is 228 g/mol. The van der Waals surface area contributed by atoms with Gasteiger partial charge in [0.05, 0.1) is 11.2 Å². The summed E-state index contributed by atoms with van der Waals surface area (Å²) in [7, 11) is 0. The third-order valence-corrected chi connectivity index (χ3v) is 4.08. The number of benzene rings is 1. The molecule has 1 heteroatoms. The number of hydrogen-bond acceptors (Lipinski definition) is 1. The molecule has 2 rings (SSSR count). The molecule has 1 aromatic carbocycles. The van der Waals surface area contributed by atoms with E-state index in [1.165, 1.54) is 0 Å². The molecule has 17 heavy (non-hydrogen) atoms. The van der Waals surface area contributed by atoms with Crippen molar-refractivity contribution in [3.05, 3.63) is 60.4 Å². The van der Waals surface area contributed by atoms with Crippen LogP contribution in [0, 0.1) is 5.41 Å². The maximum Gasteiger partial charge on any atom is 0.0965 e. The second-order valence-corrected chi connectivity index (χ2v) is 5.38. The van der Waals surface area contributed by atoms with E-state index in [1.807, 2.05) is 18.2 Å². The quantitative estimate of drug-likeness (QED) is 0.588. The van der Waals surface area contributed by atoms with Crippen molar-refractivity contribution >= 4 is 0 Å². The lowest BCUT2D eigenvalue weighted by molar-refractivity contribution is 0.162. The predicted octanol–water partition coefficient (Wildman–Crippen LogP) is 4.37. The summed E-state index contributed by atoms with van der Waals surface area (Å²) in [5.41, 5.74) is 0.684. The van der Waals surface area contributed by atoms with E-state index < -0.39 is 0 Å². The number of aliphatic hydroxyl groups excluding tert-OH is 1. The standard InChI is InChI=1S/C16H20O/c1-13(17)16(14-9-5-4-6-10-14)12-8-7-11-15(16,2)3/h4-7,9-11,17H,1,8,12H2,2-3H3/t16-/m0/s1. The van der Waals surface area contributed by atoms with Crippen molar-refractivity contribution in [3.63, 3.8) is 0 Å². The molecule has 1 atom stereocenters. The molecule has 0 heterocycles. The molecule has 0 aliphatic heterocycles. The van der Waals surface area contributed by atoms with Crippen LogP contribution in [0.15, 0.2) is 54.8 Å². The zero-order valence-electron chi connectivity index (χ0n) is 10.6. The van der Waals surface area contributed by atoms with Gasteiger partial charge in [-0.1, -0.05) is 62.9 Å². The Morgan fingerprint density at radius 1 is 1.24 bits per heavy atom. The van der Waals surface area contributed by atoms with Crippen LogP contribution in [0.25, 0.3) is 0 Å². The van der Waals surface area contributed by atoms with E-state index in [9.17, 15) is 5.11 Å². The zero-order chi connectivity index (χ0) is 12.5. The molecule has 0 fully saturated rings. The largest absolute Gasteiger partial charge is 0.512 e. The van der Waals surface area contributed by atoms with Crippen molar-refractivity contribution in [2.75, 3.05) is 0 Å². The maximum atomic E-state index is 10.2. The van der Waals surface area contributed by atoms with E-state index in [0.717, 1.165) is 18.4 Å². The van der Waals surface area contributed by atoms with E-state index in [2.05, 4.69) is 44.7 Å². The Labute approximate surface area is 103 Å². The van der Waals surface area contributed by atoms with Crippen LogP contribution in [0.2, 0.25) is 0 Å². The topological polar surface area (TPSA) is 20.2 Å². The first-order chi connectivity index (χ1) is 8.01. The summed E-state index contributed by atoms with van der Waals surface area (Å²) in [5.74, 6) is 0.276. The highest BCUT2D eigenvalue weighted by Crippen LogP contribution is 2.52. The van der Waals surface area contributed by atoms with Crippen LogP contribution in [0.3, 0.4) is 0 Å². The van der Waals surface area contributed by atoms with Gasteiger partial charge < -0.3 is 5.11 Å². The summed E-state index contributed by atoms with van der Waals surface area (Å²) in [4.78, 5) is 0. The Kier molecular flexibility index (Phi) is 2.86. The van der Waals surface area contributed by atoms with E-state index in [4.69, 9.17) is 0 Å². The molecule has 1 aliphatic carbocycles. The molecule has 0 saturated heterocycles. The summed E-state index contributed by atoms with van der Waals surface area (Å²) >= 11 is 0. The minimum atomic E-state index is -0.358. The van der Waals surface area contributed by atoms with E-state index in [0.29, 0.717) is 0 Å². The highest BCUT2D eigenvalue weighted by atomic mass is 16.3. The number of allylic oxidation sites excluding steroid dienone is 3. The van der Waals surface area contributed by atoms with Crippen LogP contribution in [-0.4, -0.2) is 5.11 Å². The van der Waals surface area contributed by atoms with E-state index >= 15 is 0 Å². The van der Waals surface area contributed by atoms with Gasteiger partial charge in [-0.2, -0.15) is 0 Å². The summed E-state index contributed by atoms with van der Waals surface area (Å²) in [6.07, 6.45) is 6.29. The number of aliphatic hydroxyl groups is 1. The fraction of sp³-hybridized carbons (Fsp3) is 0.375. The average molecular weight is 228 g/mol. The van der Waals surface area contributed by atoms with Crippen molar-refractivity contribution in [1.82, 2.24) is 0 Å². The van der Waals surface area contributed by atoms with Crippen molar-refractivity contribution in [1.29, 1.82) is 0 Å². The summed E-state index contributed by atoms with van der Waals surface area (Å²) in [6, 6.07) is 10.2. The van der Waals surface area contributed by atoms with E-state index in [1.54, 1.807) is 0 Å². The molecule has 1 N–H and O–H groups in total. The van der Waals surface area contributed by atoms with Crippen LogP contribution < -0.4 is 0 Å². The molecule has 1 nitrogen and oxygen atoms in total. The van der Waals surface area contributed by atoms with Gasteiger partial charge in [0, 0.05) is 0 Å². The van der Waals surface area contributed by atoms with E-state index in [-0.39, 0.29) is 16.6 Å². The third-order valence-electron chi connectivity index (χ3n) is 4.08. The number of rotatable bonds is 2. The van der Waals surface area contributed by atoms with Crippen molar-refractivity contribution < 1.29 is 5.11 Å². The van der Waals surface area contributed by atoms with Crippen LogP contribution in [0.5, 0.6) is 0 Å². The lowest BCUT2D eigenvalue weighted by atomic mass is 9.56. The normalized spacial score (nSPS) is 26.7. The van der Waals surface area contributed by atoms with Gasteiger partial charge in [-0.3, -0.25) is 0 Å². The summed E-state index contributed by atoms with van der Waals surface area (Å²) < 4.78 is 0. The SMILES string of the molecule is C=C(O)[C@]1(c2ccccc2)CCC=CC1(C)C. The molecule has 0 amide bonds. The number of hydrogen-bond donors (Lipinski definition) is 1. The van der Waals surface area contributed by atoms with Crippen LogP contribution in [-0.2, 0) is 5.41 Å². The first-order valence-electron chi connectivity index (χ1n) is 6.12. The molecule has 0 radical (unpaired) electrons. The second-order valence-electron chi connectivity index (χ2n) is 5.38. The van der Waals surface area contributed by atoms with Crippen molar-refractivity contribution in [2.24, 2.45) is 5.41 Å². The van der Waals surface area contributed by atoms with Crippen molar-refractivity contribution in [2.45, 2.75) is 32.1 Å². The smallest absolute Gasteiger partial charge is 0.0965 e. The molecule has 1 aromatic rings. The van der Waals surface area contributed by atoms with Gasteiger partial charge in [0.1, 0.15) is 0 Å². The molecular formula is C16H20O. The third kappa shape index (κ3) is 1.70.